The lowest BCUT2D eigenvalue weighted by atomic mass is 10.0. The number of nitrogens with zero attached hydrogens (tertiary/aromatic N) is 19. The molecule has 8 aliphatic rings. The lowest BCUT2D eigenvalue weighted by molar-refractivity contribution is -0.160. The molecule has 8 aliphatic heterocycles. The molecule has 6 N–H and O–H groups in total. The zero-order valence-electron chi connectivity index (χ0n) is 73.6. The predicted molar refractivity (Wildman–Crippen MR) is 485 cm³/mol. The van der Waals surface area contributed by atoms with Crippen LogP contribution in [-0.4, -0.2) is 263 Å². The zero-order chi connectivity index (χ0) is 92.6. The molecular formula is C95H108ClFN20O14. The number of Topliss-reactive ketones (excluding diaryl/α,β-unsaturated/α-hetero) is 1. The number of aliphatic hydroxyl groups is 4. The van der Waals surface area contributed by atoms with Crippen LogP contribution in [0.15, 0.2) is 207 Å². The van der Waals surface area contributed by atoms with Crippen LogP contribution in [0.5, 0.6) is 0 Å². The van der Waals surface area contributed by atoms with E-state index in [0.717, 1.165) is 98.7 Å². The number of ether oxygens (including phenoxy) is 2. The summed E-state index contributed by atoms with van der Waals surface area (Å²) in [6.07, 6.45) is 14.9. The number of β-amino-alcohol motifs (C(OH)–C–C–N with tert-alkyl or cyclic N) is 4. The Morgan fingerprint density at radius 2 is 0.924 bits per heavy atom. The molecule has 0 radical (unpaired) electrons. The lowest BCUT2D eigenvalue weighted by Crippen LogP contribution is -2.49. The van der Waals surface area contributed by atoms with Crippen molar-refractivity contribution in [2.75, 3.05) is 123 Å². The molecule has 131 heavy (non-hydrogen) atoms. The smallest absolute Gasteiger partial charge is 0.417 e. The number of amides is 4. The van der Waals surface area contributed by atoms with E-state index in [0.29, 0.717) is 103 Å². The monoisotopic (exact) mass is 1810 g/mol. The summed E-state index contributed by atoms with van der Waals surface area (Å²) >= 11 is 6.23. The summed E-state index contributed by atoms with van der Waals surface area (Å²) < 4.78 is 31.6. The van der Waals surface area contributed by atoms with Crippen LogP contribution in [0.3, 0.4) is 0 Å². The van der Waals surface area contributed by atoms with E-state index < -0.39 is 57.8 Å². The number of rotatable bonds is 18. The zero-order valence-corrected chi connectivity index (χ0v) is 74.3. The number of methoxy groups -OCH3 is 1. The minimum atomic E-state index is -1.66. The van der Waals surface area contributed by atoms with Gasteiger partial charge in [0.25, 0.3) is 17.7 Å². The number of H-pyrrole nitrogens is 1. The van der Waals surface area contributed by atoms with Crippen LogP contribution in [0.25, 0.3) is 11.3 Å². The van der Waals surface area contributed by atoms with Gasteiger partial charge in [0.15, 0.2) is 51.5 Å². The molecule has 7 fully saturated rings. The Morgan fingerprint density at radius 1 is 0.511 bits per heavy atom. The van der Waals surface area contributed by atoms with Crippen molar-refractivity contribution in [1.82, 2.24) is 69.0 Å². The van der Waals surface area contributed by atoms with E-state index in [9.17, 15) is 63.6 Å². The number of carbonyl (C=O) groups excluding carboxylic acids is 6. The molecule has 11 aromatic rings. The number of hydrogen-bond donors (Lipinski definition) is 6. The molecule has 0 spiro atoms. The van der Waals surface area contributed by atoms with E-state index >= 15 is 0 Å². The number of anilines is 5. The van der Waals surface area contributed by atoms with E-state index in [4.69, 9.17) is 21.4 Å². The van der Waals surface area contributed by atoms with Gasteiger partial charge in [0, 0.05) is 146 Å². The second kappa shape index (κ2) is 41.4. The van der Waals surface area contributed by atoms with Crippen molar-refractivity contribution in [2.24, 2.45) is 0 Å². The number of carboxylic acid groups (broad SMARTS) is 1. The summed E-state index contributed by atoms with van der Waals surface area (Å²) in [7, 11) is 1.29. The minimum Gasteiger partial charge on any atom is -0.479 e. The maximum Gasteiger partial charge on any atom is 0.417 e. The van der Waals surface area contributed by atoms with E-state index in [-0.39, 0.29) is 71.0 Å². The summed E-state index contributed by atoms with van der Waals surface area (Å²) in [6, 6.07) is 57.3. The molecule has 36 heteroatoms. The van der Waals surface area contributed by atoms with Gasteiger partial charge in [-0.3, -0.25) is 43.0 Å². The Morgan fingerprint density at radius 3 is 1.32 bits per heavy atom. The van der Waals surface area contributed by atoms with Crippen molar-refractivity contribution in [3.05, 3.63) is 257 Å². The van der Waals surface area contributed by atoms with Gasteiger partial charge in [-0.05, 0) is 86.9 Å². The highest BCUT2D eigenvalue weighted by atomic mass is 35.5. The fraction of sp³-hybridized carbons (Fsp3) is 0.389. The van der Waals surface area contributed by atoms with Gasteiger partial charge in [-0.2, -0.15) is 30.8 Å². The number of benzene rings is 5. The van der Waals surface area contributed by atoms with Crippen LogP contribution in [0.4, 0.5) is 38.3 Å². The first-order valence-electron chi connectivity index (χ1n) is 43.7. The lowest BCUT2D eigenvalue weighted by Gasteiger charge is -2.27. The van der Waals surface area contributed by atoms with Crippen molar-refractivity contribution >= 4 is 82.2 Å². The summed E-state index contributed by atoms with van der Waals surface area (Å²) in [5.41, 5.74) is -1.13. The highest BCUT2D eigenvalue weighted by Crippen LogP contribution is 2.37. The quantitative estimate of drug-likeness (QED) is 0.0435. The first-order valence-corrected chi connectivity index (χ1v) is 44.1. The summed E-state index contributed by atoms with van der Waals surface area (Å²) in [6.45, 7) is 15.5. The Balaban J connectivity index is 0.000000127. The first kappa shape index (κ1) is 93.5. The van der Waals surface area contributed by atoms with Crippen LogP contribution in [0.2, 0.25) is 5.02 Å². The Kier molecular flexibility index (Phi) is 29.5. The van der Waals surface area contributed by atoms with Crippen LogP contribution < -0.4 is 24.5 Å². The van der Waals surface area contributed by atoms with Crippen LogP contribution in [0.1, 0.15) is 122 Å². The van der Waals surface area contributed by atoms with Crippen LogP contribution in [0, 0.1) is 17.1 Å². The fourth-order valence-electron chi connectivity index (χ4n) is 16.8. The van der Waals surface area contributed by atoms with E-state index in [1.54, 1.807) is 41.7 Å². The van der Waals surface area contributed by atoms with Crippen molar-refractivity contribution in [2.45, 2.75) is 139 Å². The van der Waals surface area contributed by atoms with E-state index in [1.165, 1.54) is 48.1 Å². The number of nitriles is 1. The number of nitrogens with one attached hydrogen (secondary N) is 1. The first-order chi connectivity index (χ1) is 62.9. The number of aromatic nitrogens is 11. The molecule has 0 aliphatic carbocycles. The Bertz CT molecular complexity index is 5820. The molecule has 4 atom stereocenters. The molecule has 14 heterocycles. The summed E-state index contributed by atoms with van der Waals surface area (Å²) in [5, 5.41) is 84.7. The molecule has 4 unspecified atom stereocenters. The predicted octanol–water partition coefficient (Wildman–Crippen LogP) is 9.49. The molecular weight excluding hydrogens is 1700 g/mol. The Labute approximate surface area is 762 Å². The Hall–Kier alpha value is -13.7. The maximum absolute atomic E-state index is 14.3. The van der Waals surface area contributed by atoms with Gasteiger partial charge >= 0.3 is 18.0 Å². The van der Waals surface area contributed by atoms with Gasteiger partial charge in [0.05, 0.1) is 118 Å². The van der Waals surface area contributed by atoms with Gasteiger partial charge in [0.1, 0.15) is 17.2 Å². The van der Waals surface area contributed by atoms with Crippen molar-refractivity contribution in [3.8, 4) is 17.3 Å². The minimum absolute atomic E-state index is 0.00660. The second-order valence-electron chi connectivity index (χ2n) is 34.6. The third kappa shape index (κ3) is 23.3. The van der Waals surface area contributed by atoms with Crippen molar-refractivity contribution < 1.29 is 73.0 Å². The third-order valence-electron chi connectivity index (χ3n) is 23.8. The number of carboxylic acids is 1. The number of halogens is 2. The number of likely N-dealkylation sites (tertiary alicyclic amines) is 2. The number of ketones is 1. The molecule has 0 bridgehead atoms. The number of fused-ring (bicyclic) bond motifs is 1. The van der Waals surface area contributed by atoms with Gasteiger partial charge < -0.3 is 69.3 Å². The molecule has 6 aromatic heterocycles. The number of hydrogen-bond acceptors (Lipinski definition) is 25. The number of aromatic amines is 1. The molecule has 34 nitrogen and oxygen atoms in total. The third-order valence-corrected chi connectivity index (χ3v) is 24.1. The number of carbonyl (C=O) groups is 7. The highest BCUT2D eigenvalue weighted by molar-refractivity contribution is 6.35. The van der Waals surface area contributed by atoms with Gasteiger partial charge in [-0.15, -0.1) is 0 Å². The van der Waals surface area contributed by atoms with Crippen LogP contribution >= 0.6 is 11.6 Å². The molecule has 7 saturated heterocycles. The normalized spacial score (nSPS) is 20.2. The maximum atomic E-state index is 14.3. The standard InChI is InChI=1S/C19H15ClFN3O3.C19H24N4O2.C16H19N3O3.C15H17N3O3.C14H15N3O.C12H18N4O2/c1-19(2,3)27-18(26)24-9-14-16(17(24)25)11(20)7-13(23-14)15-10(8-22)5-4-6-12(15)21;24-18(21-10-4-5-11-21)19(25)9-13-22(15-19)17-8-12-23(20-17)14-16-6-2-1-3-7-16;1-22-15(20)16(21)8-10-18(12-16)14-7-9-19(17-14)11-13-5-3-2-4-6-13;19-14(20)15(21)7-9-17(11-15)13-6-8-18(16-13)10-12-4-2-1-3-5-12;18-13-6-8-16(11-13)14-7-9-17(15-14)10-12-4-2-1-3-5-12;17-11(15-6-1-2-7-15)12(18)4-8-16(9-12)10-3-5-13-14-10/h4-7H,9H2,1-3H3;1-3,6-8,12,25H,4-5,9-11,13-15H2;2-7,9,21H,8,10-12H2,1H3;1-6,8,21H,7,9-11H2,(H,19,20);1-5,7,9H,6,8,10-11H2;3,5,18H,1-2,4,6-9H2,(H,13,14). The van der Waals surface area contributed by atoms with Crippen molar-refractivity contribution in [3.63, 3.8) is 0 Å². The van der Waals surface area contributed by atoms with Crippen molar-refractivity contribution in [1.29, 1.82) is 5.26 Å². The molecule has 4 amide bonds. The molecule has 5 aromatic carbocycles. The molecule has 686 valence electrons. The average Bonchev–Trinajstić information content (AvgIpc) is 1.63. The largest absolute Gasteiger partial charge is 0.479 e. The summed E-state index contributed by atoms with van der Waals surface area (Å²) in [5.74, 6) is 1.10. The SMILES string of the molecule is CC(C)(C)OC(=O)N1Cc2nc(-c3c(F)cccc3C#N)cc(Cl)c2C1=O.COC(=O)C1(O)CCN(c2ccn(Cc3ccccc3)n2)C1.O=C(N1CCCC1)C1(O)CCN(c2ccn(Cc3ccccc3)n2)C1.O=C(N1CCCC1)C1(O)CCN(c2ccn[nH]2)C1.O=C(O)C1(O)CCN(c2ccn(Cc3ccccc3)n2)C1.O=C1CCN(c2ccn(Cc3ccccc3)n2)C1. The number of pyridine rings is 1. The fourth-order valence-corrected chi connectivity index (χ4v) is 17.1. The van der Waals surface area contributed by atoms with Gasteiger partial charge in [-0.1, -0.05) is 139 Å². The van der Waals surface area contributed by atoms with E-state index in [1.807, 2.05) is 197 Å². The molecule has 0 saturated carbocycles. The van der Waals surface area contributed by atoms with Crippen LogP contribution in [-0.2, 0) is 66.2 Å². The van der Waals surface area contributed by atoms with E-state index in [2.05, 4.69) is 64.6 Å². The number of esters is 1. The summed E-state index contributed by atoms with van der Waals surface area (Å²) in [4.78, 5) is 102. The van der Waals surface area contributed by atoms with Gasteiger partial charge in [-0.25, -0.2) is 28.7 Å². The second-order valence-corrected chi connectivity index (χ2v) is 35.1. The van der Waals surface area contributed by atoms with Gasteiger partial charge in [0.2, 0.25) is 0 Å². The number of aliphatic carboxylic acids is 1. The average molecular weight is 1810 g/mol. The highest BCUT2D eigenvalue weighted by Gasteiger charge is 2.49. The molecule has 19 rings (SSSR count). The topological polar surface area (TPSA) is 402 Å². The number of imide groups is 1.